The lowest BCUT2D eigenvalue weighted by Crippen LogP contribution is -2.31. The lowest BCUT2D eigenvalue weighted by molar-refractivity contribution is 0.558. The Bertz CT molecular complexity index is 316. The van der Waals surface area contributed by atoms with Crippen LogP contribution >= 0.6 is 0 Å². The summed E-state index contributed by atoms with van der Waals surface area (Å²) in [6.07, 6.45) is 21.3. The van der Waals surface area contributed by atoms with E-state index >= 15 is 0 Å². The summed E-state index contributed by atoms with van der Waals surface area (Å²) in [4.78, 5) is 4.75. The molecule has 0 saturated carbocycles. The van der Waals surface area contributed by atoms with Crippen molar-refractivity contribution in [2.75, 3.05) is 6.54 Å². The van der Waals surface area contributed by atoms with E-state index in [-0.39, 0.29) is 0 Å². The normalized spacial score (nSPS) is 12.6. The molecule has 0 atom stereocenters. The maximum Gasteiger partial charge on any atom is 0.0825 e. The summed E-state index contributed by atoms with van der Waals surface area (Å²) >= 11 is 0. The van der Waals surface area contributed by atoms with E-state index in [2.05, 4.69) is 45.7 Å². The largest absolute Gasteiger partial charge is 0.298 e. The van der Waals surface area contributed by atoms with Gasteiger partial charge in [-0.1, -0.05) is 115 Å². The Morgan fingerprint density at radius 1 is 0.680 bits per heavy atom. The number of unbranched alkanes of at least 4 members (excludes halogenated alkanes) is 9. The van der Waals surface area contributed by atoms with Crippen LogP contribution in [0.5, 0.6) is 0 Å². The van der Waals surface area contributed by atoms with Gasteiger partial charge in [0.2, 0.25) is 0 Å². The molecule has 0 bridgehead atoms. The summed E-state index contributed by atoms with van der Waals surface area (Å²) in [6.45, 7) is 10.2. The van der Waals surface area contributed by atoms with Gasteiger partial charge in [0.05, 0.1) is 8.07 Å². The van der Waals surface area contributed by atoms with Crippen molar-refractivity contribution in [1.29, 1.82) is 0 Å². The molecule has 0 heterocycles. The molecule has 1 nitrogen and oxygen atoms in total. The van der Waals surface area contributed by atoms with Crippen molar-refractivity contribution in [3.8, 4) is 0 Å². The number of nitrogens with zero attached hydrogens (tertiary/aromatic N) is 1. The molecule has 0 spiro atoms. The summed E-state index contributed by atoms with van der Waals surface area (Å²) in [7, 11) is -1.23. The summed E-state index contributed by atoms with van der Waals surface area (Å²) in [5, 5.41) is 0. The minimum Gasteiger partial charge on any atom is -0.298 e. The number of rotatable bonds is 18. The van der Waals surface area contributed by atoms with Crippen molar-refractivity contribution in [1.82, 2.24) is 0 Å². The monoisotopic (exact) mass is 365 g/mol. The minimum atomic E-state index is -1.23. The molecule has 0 aliphatic rings. The van der Waals surface area contributed by atoms with Gasteiger partial charge < -0.3 is 0 Å². The lowest BCUT2D eigenvalue weighted by atomic mass is 10.1. The molecular weight excluding hydrogens is 318 g/mol. The Morgan fingerprint density at radius 2 is 1.20 bits per heavy atom. The first-order valence-corrected chi connectivity index (χ1v) is 14.1. The SMILES string of the molecule is CC=C[Si](CC=NCCCCCCCCCCCC)(CCC)CCC. The molecule has 2 heteroatoms. The fourth-order valence-electron chi connectivity index (χ4n) is 3.94. The number of allylic oxidation sites excluding steroid dienone is 1. The smallest absolute Gasteiger partial charge is 0.0825 e. The van der Waals surface area contributed by atoms with Crippen LogP contribution in [0.1, 0.15) is 105 Å². The van der Waals surface area contributed by atoms with Gasteiger partial charge in [0.15, 0.2) is 0 Å². The van der Waals surface area contributed by atoms with Gasteiger partial charge in [0.25, 0.3) is 0 Å². The predicted octanol–water partition coefficient (Wildman–Crippen LogP) is 8.36. The molecule has 0 amide bonds. The van der Waals surface area contributed by atoms with Crippen LogP contribution in [0.3, 0.4) is 0 Å². The molecule has 0 radical (unpaired) electrons. The minimum absolute atomic E-state index is 1.05. The Balaban J connectivity index is 3.75. The number of hydrogen-bond donors (Lipinski definition) is 0. The topological polar surface area (TPSA) is 12.4 Å². The zero-order valence-corrected chi connectivity index (χ0v) is 19.0. The van der Waals surface area contributed by atoms with Crippen molar-refractivity contribution in [2.45, 2.75) is 123 Å². The molecule has 0 aromatic heterocycles. The van der Waals surface area contributed by atoms with Crippen molar-refractivity contribution >= 4 is 14.3 Å². The van der Waals surface area contributed by atoms with Gasteiger partial charge >= 0.3 is 0 Å². The van der Waals surface area contributed by atoms with Gasteiger partial charge in [0, 0.05) is 6.54 Å². The second kappa shape index (κ2) is 18.4. The van der Waals surface area contributed by atoms with Crippen LogP contribution in [0.15, 0.2) is 16.8 Å². The summed E-state index contributed by atoms with van der Waals surface area (Å²) < 4.78 is 0. The highest BCUT2D eigenvalue weighted by Gasteiger charge is 2.26. The predicted molar refractivity (Wildman–Crippen MR) is 121 cm³/mol. The van der Waals surface area contributed by atoms with Gasteiger partial charge in [-0.15, -0.1) is 0 Å². The van der Waals surface area contributed by atoms with E-state index in [4.69, 9.17) is 4.99 Å². The maximum atomic E-state index is 4.75. The molecule has 0 aliphatic carbocycles. The lowest BCUT2D eigenvalue weighted by Gasteiger charge is -2.26. The van der Waals surface area contributed by atoms with Crippen LogP contribution in [-0.2, 0) is 0 Å². The third-order valence-corrected chi connectivity index (χ3v) is 10.3. The van der Waals surface area contributed by atoms with Gasteiger partial charge in [-0.05, 0) is 25.6 Å². The molecule has 0 unspecified atom stereocenters. The zero-order valence-electron chi connectivity index (χ0n) is 18.0. The van der Waals surface area contributed by atoms with Crippen molar-refractivity contribution in [3.63, 3.8) is 0 Å². The number of aliphatic imine (C=N–C) groups is 1. The van der Waals surface area contributed by atoms with E-state index in [1.165, 1.54) is 95.2 Å². The first-order valence-electron chi connectivity index (χ1n) is 11.4. The molecule has 0 aromatic rings. The van der Waals surface area contributed by atoms with Crippen LogP contribution in [0.4, 0.5) is 0 Å². The average Bonchev–Trinajstić information content (AvgIpc) is 2.60. The van der Waals surface area contributed by atoms with Crippen molar-refractivity contribution < 1.29 is 0 Å². The van der Waals surface area contributed by atoms with Gasteiger partial charge in [-0.25, -0.2) is 0 Å². The summed E-state index contributed by atoms with van der Waals surface area (Å²) in [5.74, 6) is 0. The molecule has 0 saturated heterocycles. The van der Waals surface area contributed by atoms with E-state index in [0.717, 1.165) is 6.54 Å². The Hall–Kier alpha value is -0.373. The number of hydrogen-bond acceptors (Lipinski definition) is 1. The Labute approximate surface area is 160 Å². The molecule has 25 heavy (non-hydrogen) atoms. The van der Waals surface area contributed by atoms with E-state index in [1.54, 1.807) is 0 Å². The molecule has 0 aromatic carbocycles. The van der Waals surface area contributed by atoms with Crippen LogP contribution in [-0.4, -0.2) is 20.8 Å². The Morgan fingerprint density at radius 3 is 1.68 bits per heavy atom. The fraction of sp³-hybridized carbons (Fsp3) is 0.870. The van der Waals surface area contributed by atoms with Crippen molar-refractivity contribution in [2.24, 2.45) is 4.99 Å². The van der Waals surface area contributed by atoms with Crippen molar-refractivity contribution in [3.05, 3.63) is 11.8 Å². The average molecular weight is 366 g/mol. The maximum absolute atomic E-state index is 4.75. The second-order valence-electron chi connectivity index (χ2n) is 7.84. The quantitative estimate of drug-likeness (QED) is 0.131. The third-order valence-electron chi connectivity index (χ3n) is 5.28. The van der Waals surface area contributed by atoms with Crippen LogP contribution in [0.25, 0.3) is 0 Å². The zero-order chi connectivity index (χ0) is 18.6. The molecule has 0 aliphatic heterocycles. The van der Waals surface area contributed by atoms with E-state index in [0.29, 0.717) is 0 Å². The fourth-order valence-corrected chi connectivity index (χ4v) is 8.26. The molecule has 0 rings (SSSR count). The molecule has 148 valence electrons. The molecule has 0 N–H and O–H groups in total. The van der Waals surface area contributed by atoms with E-state index in [9.17, 15) is 0 Å². The van der Waals surface area contributed by atoms with Gasteiger partial charge in [0.1, 0.15) is 0 Å². The first kappa shape index (κ1) is 24.6. The van der Waals surface area contributed by atoms with Crippen LogP contribution in [0, 0.1) is 0 Å². The van der Waals surface area contributed by atoms with Crippen LogP contribution < -0.4 is 0 Å². The van der Waals surface area contributed by atoms with Gasteiger partial charge in [-0.2, -0.15) is 0 Å². The highest BCUT2D eigenvalue weighted by atomic mass is 28.3. The van der Waals surface area contributed by atoms with E-state index in [1.807, 2.05) is 0 Å². The molecular formula is C23H47NSi. The molecule has 0 fully saturated rings. The van der Waals surface area contributed by atoms with Gasteiger partial charge in [-0.3, -0.25) is 4.99 Å². The summed E-state index contributed by atoms with van der Waals surface area (Å²) in [6, 6.07) is 4.11. The highest BCUT2D eigenvalue weighted by Crippen LogP contribution is 2.25. The standard InChI is InChI=1S/C23H47NSi/c1-5-9-10-11-12-13-14-15-16-17-18-24-19-23-25(20-6-2,21-7-3)22-8-4/h6,19-20H,5,7-18,21-23H2,1-4H3. The highest BCUT2D eigenvalue weighted by molar-refractivity contribution is 6.86. The van der Waals surface area contributed by atoms with Crippen LogP contribution in [0.2, 0.25) is 18.1 Å². The van der Waals surface area contributed by atoms with E-state index < -0.39 is 8.07 Å². The Kier molecular flexibility index (Phi) is 18.1. The summed E-state index contributed by atoms with van der Waals surface area (Å²) in [5.41, 5.74) is 2.58. The third kappa shape index (κ3) is 14.5. The first-order chi connectivity index (χ1) is 12.2. The second-order valence-corrected chi connectivity index (χ2v) is 12.3.